The molecule has 0 aliphatic heterocycles. The van der Waals surface area contributed by atoms with Crippen LogP contribution >= 0.6 is 23.2 Å². The average molecular weight is 406 g/mol. The summed E-state index contributed by atoms with van der Waals surface area (Å²) in [7, 11) is 0. The van der Waals surface area contributed by atoms with Crippen LogP contribution in [0.3, 0.4) is 0 Å². The molecule has 2 aliphatic carbocycles. The van der Waals surface area contributed by atoms with E-state index in [9.17, 15) is 9.59 Å². The van der Waals surface area contributed by atoms with Crippen molar-refractivity contribution in [3.63, 3.8) is 0 Å². The van der Waals surface area contributed by atoms with Crippen LogP contribution in [0.15, 0.2) is 30.5 Å². The maximum Gasteiger partial charge on any atom is 0.228 e. The van der Waals surface area contributed by atoms with Gasteiger partial charge in [-0.2, -0.15) is 5.10 Å². The van der Waals surface area contributed by atoms with Crippen LogP contribution in [0.25, 0.3) is 0 Å². The summed E-state index contributed by atoms with van der Waals surface area (Å²) < 4.78 is 1.71. The fourth-order valence-electron chi connectivity index (χ4n) is 4.30. The number of Topliss-reactive ketones (excluding diaryl/α,β-unsaturated/α-hetero) is 1. The van der Waals surface area contributed by atoms with Crippen molar-refractivity contribution in [1.82, 2.24) is 9.78 Å². The highest BCUT2D eigenvalue weighted by atomic mass is 35.5. The van der Waals surface area contributed by atoms with E-state index >= 15 is 0 Å². The van der Waals surface area contributed by atoms with Gasteiger partial charge in [0.2, 0.25) is 5.91 Å². The van der Waals surface area contributed by atoms with E-state index in [4.69, 9.17) is 23.2 Å². The van der Waals surface area contributed by atoms with Gasteiger partial charge in [-0.25, -0.2) is 4.68 Å². The normalized spacial score (nSPS) is 24.7. The van der Waals surface area contributed by atoms with Gasteiger partial charge >= 0.3 is 0 Å². The highest BCUT2D eigenvalue weighted by molar-refractivity contribution is 6.35. The van der Waals surface area contributed by atoms with Gasteiger partial charge in [-0.3, -0.25) is 9.59 Å². The summed E-state index contributed by atoms with van der Waals surface area (Å²) in [6, 6.07) is 7.10. The lowest BCUT2D eigenvalue weighted by Gasteiger charge is -2.36. The first kappa shape index (κ1) is 18.5. The largest absolute Gasteiger partial charge is 0.311 e. The van der Waals surface area contributed by atoms with Crippen LogP contribution in [0.5, 0.6) is 0 Å². The Hall–Kier alpha value is -1.85. The monoisotopic (exact) mass is 405 g/mol. The predicted molar refractivity (Wildman–Crippen MR) is 105 cm³/mol. The summed E-state index contributed by atoms with van der Waals surface area (Å²) in [5, 5.41) is 8.44. The second kappa shape index (κ2) is 7.64. The highest BCUT2D eigenvalue weighted by Gasteiger charge is 2.41. The van der Waals surface area contributed by atoms with Crippen molar-refractivity contribution < 1.29 is 9.59 Å². The van der Waals surface area contributed by atoms with Crippen molar-refractivity contribution in [2.75, 3.05) is 5.32 Å². The van der Waals surface area contributed by atoms with Crippen molar-refractivity contribution in [3.05, 3.63) is 46.1 Å². The molecular weight excluding hydrogens is 385 g/mol. The second-order valence-electron chi connectivity index (χ2n) is 7.49. The minimum atomic E-state index is -0.111. The number of carbonyl (C=O) groups excluding carboxylic acids is 2. The molecule has 1 N–H and O–H groups in total. The maximum atomic E-state index is 12.8. The molecule has 5 nitrogen and oxygen atoms in total. The maximum absolute atomic E-state index is 12.8. The quantitative estimate of drug-likeness (QED) is 0.809. The Kier molecular flexibility index (Phi) is 5.24. The first-order chi connectivity index (χ1) is 13.0. The Morgan fingerprint density at radius 2 is 1.93 bits per heavy atom. The third kappa shape index (κ3) is 3.90. The number of fused-ring (bicyclic) bond motifs is 2. The van der Waals surface area contributed by atoms with Crippen LogP contribution < -0.4 is 5.32 Å². The minimum absolute atomic E-state index is 0.0247. The van der Waals surface area contributed by atoms with E-state index in [0.29, 0.717) is 41.0 Å². The number of amides is 1. The Labute approximate surface area is 168 Å². The van der Waals surface area contributed by atoms with Gasteiger partial charge in [0.25, 0.3) is 0 Å². The highest BCUT2D eigenvalue weighted by Crippen LogP contribution is 2.40. The molecule has 142 valence electrons. The molecule has 1 heterocycles. The number of hydrogen-bond donors (Lipinski definition) is 1. The van der Waals surface area contributed by atoms with E-state index in [1.807, 2.05) is 6.07 Å². The molecule has 2 bridgehead atoms. The van der Waals surface area contributed by atoms with Crippen molar-refractivity contribution in [2.24, 2.45) is 17.8 Å². The standard InChI is InChI=1S/C20H21Cl2N3O2/c21-16-5-4-14(17(22)10-16)11-25-18(6-7-23-25)24-20(27)15-8-12-2-1-3-13(9-15)19(12)26/h4-7,10,12-13,15H,1-3,8-9,11H2,(H,24,27). The van der Waals surface area contributed by atoms with Gasteiger partial charge in [-0.15, -0.1) is 0 Å². The lowest BCUT2D eigenvalue weighted by Crippen LogP contribution is -2.40. The van der Waals surface area contributed by atoms with Crippen LogP contribution in [0.2, 0.25) is 10.0 Å². The molecule has 2 fully saturated rings. The van der Waals surface area contributed by atoms with Crippen molar-refractivity contribution >= 4 is 40.7 Å². The first-order valence-electron chi connectivity index (χ1n) is 9.31. The molecule has 2 aliphatic rings. The molecule has 1 amide bonds. The SMILES string of the molecule is O=C(Nc1ccnn1Cc1ccc(Cl)cc1Cl)C1CC2CCCC(C1)C2=O. The van der Waals surface area contributed by atoms with E-state index < -0.39 is 0 Å². The number of halogens is 2. The number of aromatic nitrogens is 2. The number of rotatable bonds is 4. The lowest BCUT2D eigenvalue weighted by atomic mass is 9.67. The van der Waals surface area contributed by atoms with Crippen molar-refractivity contribution in [1.29, 1.82) is 0 Å². The van der Waals surface area contributed by atoms with Crippen LogP contribution in [0, 0.1) is 17.8 Å². The van der Waals surface area contributed by atoms with Gasteiger partial charge in [0.05, 0.1) is 12.7 Å². The fraction of sp³-hybridized carbons (Fsp3) is 0.450. The number of carbonyl (C=O) groups is 2. The van der Waals surface area contributed by atoms with Crippen LogP contribution in [0.4, 0.5) is 5.82 Å². The van der Waals surface area contributed by atoms with Crippen LogP contribution in [-0.4, -0.2) is 21.5 Å². The number of hydrogen-bond acceptors (Lipinski definition) is 3. The zero-order chi connectivity index (χ0) is 19.0. The molecule has 2 saturated carbocycles. The number of nitrogens with one attached hydrogen (secondary N) is 1. The number of nitrogens with zero attached hydrogens (tertiary/aromatic N) is 2. The zero-order valence-corrected chi connectivity index (χ0v) is 16.3. The third-order valence-electron chi connectivity index (χ3n) is 5.72. The number of ketones is 1. The summed E-state index contributed by atoms with van der Waals surface area (Å²) in [5.41, 5.74) is 0.873. The van der Waals surface area contributed by atoms with Gasteiger partial charge in [0, 0.05) is 33.9 Å². The Morgan fingerprint density at radius 1 is 1.19 bits per heavy atom. The summed E-state index contributed by atoms with van der Waals surface area (Å²) in [6.45, 7) is 0.438. The fourth-order valence-corrected chi connectivity index (χ4v) is 4.77. The molecule has 2 atom stereocenters. The molecule has 4 rings (SSSR count). The molecule has 1 aromatic heterocycles. The van der Waals surface area contributed by atoms with Crippen molar-refractivity contribution in [3.8, 4) is 0 Å². The van der Waals surface area contributed by atoms with E-state index in [1.54, 1.807) is 29.1 Å². The van der Waals surface area contributed by atoms with E-state index in [0.717, 1.165) is 24.8 Å². The Morgan fingerprint density at radius 3 is 2.63 bits per heavy atom. The molecule has 0 radical (unpaired) electrons. The molecular formula is C20H21Cl2N3O2. The predicted octanol–water partition coefficient (Wildman–Crippen LogP) is 4.57. The third-order valence-corrected chi connectivity index (χ3v) is 6.31. The minimum Gasteiger partial charge on any atom is -0.311 e. The summed E-state index contributed by atoms with van der Waals surface area (Å²) in [4.78, 5) is 25.1. The molecule has 7 heteroatoms. The molecule has 0 spiro atoms. The van der Waals surface area contributed by atoms with Gasteiger partial charge in [-0.1, -0.05) is 35.7 Å². The summed E-state index contributed by atoms with van der Waals surface area (Å²) in [5.74, 6) is 0.988. The van der Waals surface area contributed by atoms with Gasteiger partial charge in [0.1, 0.15) is 11.6 Å². The molecule has 27 heavy (non-hydrogen) atoms. The molecule has 0 saturated heterocycles. The Bertz CT molecular complexity index is 864. The first-order valence-corrected chi connectivity index (χ1v) is 10.1. The summed E-state index contributed by atoms with van der Waals surface area (Å²) in [6.07, 6.45) is 5.93. The summed E-state index contributed by atoms with van der Waals surface area (Å²) >= 11 is 12.2. The topological polar surface area (TPSA) is 64.0 Å². The number of anilines is 1. The van der Waals surface area contributed by atoms with Crippen LogP contribution in [-0.2, 0) is 16.1 Å². The van der Waals surface area contributed by atoms with Gasteiger partial charge < -0.3 is 5.32 Å². The van der Waals surface area contributed by atoms with E-state index in [2.05, 4.69) is 10.4 Å². The second-order valence-corrected chi connectivity index (χ2v) is 8.34. The van der Waals surface area contributed by atoms with Crippen molar-refractivity contribution in [2.45, 2.75) is 38.6 Å². The van der Waals surface area contributed by atoms with E-state index in [1.165, 1.54) is 0 Å². The lowest BCUT2D eigenvalue weighted by molar-refractivity contribution is -0.136. The smallest absolute Gasteiger partial charge is 0.228 e. The zero-order valence-electron chi connectivity index (χ0n) is 14.8. The molecule has 2 aromatic rings. The van der Waals surface area contributed by atoms with E-state index in [-0.39, 0.29) is 23.7 Å². The average Bonchev–Trinajstić information content (AvgIpc) is 3.04. The number of benzene rings is 1. The van der Waals surface area contributed by atoms with Gasteiger partial charge in [-0.05, 0) is 43.4 Å². The molecule has 1 aromatic carbocycles. The molecule has 2 unspecified atom stereocenters. The Balaban J connectivity index is 1.45. The van der Waals surface area contributed by atoms with Gasteiger partial charge in [0.15, 0.2) is 0 Å². The van der Waals surface area contributed by atoms with Crippen LogP contribution in [0.1, 0.15) is 37.7 Å².